The molecule has 0 unspecified atom stereocenters. The Labute approximate surface area is 160 Å². The van der Waals surface area contributed by atoms with Crippen molar-refractivity contribution in [2.75, 3.05) is 11.1 Å². The van der Waals surface area contributed by atoms with Gasteiger partial charge in [0.1, 0.15) is 0 Å². The highest BCUT2D eigenvalue weighted by atomic mass is 35.5. The number of amides is 1. The molecule has 1 N–H and O–H groups in total. The van der Waals surface area contributed by atoms with Crippen molar-refractivity contribution in [3.63, 3.8) is 0 Å². The molecule has 0 saturated carbocycles. The largest absolute Gasteiger partial charge is 0.452 e. The molecule has 2 aromatic carbocycles. The number of anilines is 1. The van der Waals surface area contributed by atoms with Crippen LogP contribution < -0.4 is 5.32 Å². The summed E-state index contributed by atoms with van der Waals surface area (Å²) in [7, 11) is 0. The number of ether oxygens (including phenoxy) is 1. The summed E-state index contributed by atoms with van der Waals surface area (Å²) in [6.07, 6.45) is -0.863. The molecule has 0 fully saturated rings. The second kappa shape index (κ2) is 9.70. The lowest BCUT2D eigenvalue weighted by Crippen LogP contribution is -2.30. The maximum Gasteiger partial charge on any atom is 0.316 e. The third-order valence-electron chi connectivity index (χ3n) is 3.19. The van der Waals surface area contributed by atoms with Gasteiger partial charge in [0, 0.05) is 11.4 Å². The van der Waals surface area contributed by atoms with Gasteiger partial charge >= 0.3 is 5.97 Å². The Morgan fingerprint density at radius 3 is 2.52 bits per heavy atom. The molecule has 0 aliphatic carbocycles. The minimum absolute atomic E-state index is 0.142. The average molecular weight is 398 g/mol. The molecule has 0 radical (unpaired) electrons. The van der Waals surface area contributed by atoms with E-state index in [1.165, 1.54) is 11.8 Å². The van der Waals surface area contributed by atoms with Gasteiger partial charge in [-0.15, -0.1) is 11.8 Å². The van der Waals surface area contributed by atoms with Gasteiger partial charge in [0.15, 0.2) is 6.10 Å². The first kappa shape index (κ1) is 19.6. The predicted octanol–water partition coefficient (Wildman–Crippen LogP) is 4.80. The molecule has 0 aliphatic rings. The molecule has 0 bridgehead atoms. The number of hydrogen-bond acceptors (Lipinski definition) is 4. The van der Waals surface area contributed by atoms with Crippen molar-refractivity contribution < 1.29 is 14.3 Å². The Bertz CT molecular complexity index is 740. The third-order valence-corrected chi connectivity index (χ3v) is 4.91. The highest BCUT2D eigenvalue weighted by Gasteiger charge is 2.17. The van der Waals surface area contributed by atoms with Gasteiger partial charge in [-0.1, -0.05) is 47.5 Å². The number of para-hydroxylation sites is 1. The molecule has 0 heterocycles. The summed E-state index contributed by atoms with van der Waals surface area (Å²) in [5.74, 6) is -0.0745. The zero-order valence-corrected chi connectivity index (χ0v) is 15.8. The van der Waals surface area contributed by atoms with E-state index in [9.17, 15) is 9.59 Å². The van der Waals surface area contributed by atoms with E-state index in [0.717, 1.165) is 5.56 Å². The molecule has 25 heavy (non-hydrogen) atoms. The second-order valence-corrected chi connectivity index (χ2v) is 7.03. The van der Waals surface area contributed by atoms with Crippen molar-refractivity contribution in [2.24, 2.45) is 0 Å². The molecule has 0 spiro atoms. The monoisotopic (exact) mass is 397 g/mol. The lowest BCUT2D eigenvalue weighted by molar-refractivity contribution is -0.150. The van der Waals surface area contributed by atoms with E-state index in [1.54, 1.807) is 31.2 Å². The number of thioether (sulfide) groups is 1. The topological polar surface area (TPSA) is 55.4 Å². The van der Waals surface area contributed by atoms with Crippen LogP contribution in [0.1, 0.15) is 12.5 Å². The fourth-order valence-electron chi connectivity index (χ4n) is 1.93. The summed E-state index contributed by atoms with van der Waals surface area (Å²) < 4.78 is 5.15. The van der Waals surface area contributed by atoms with Crippen LogP contribution in [0.25, 0.3) is 0 Å². The summed E-state index contributed by atoms with van der Waals surface area (Å²) in [4.78, 5) is 23.8. The number of benzene rings is 2. The minimum Gasteiger partial charge on any atom is -0.452 e. The molecule has 2 aromatic rings. The minimum atomic E-state index is -0.863. The van der Waals surface area contributed by atoms with Crippen molar-refractivity contribution in [1.82, 2.24) is 0 Å². The quantitative estimate of drug-likeness (QED) is 0.681. The number of hydrogen-bond donors (Lipinski definition) is 1. The van der Waals surface area contributed by atoms with Gasteiger partial charge in [-0.25, -0.2) is 0 Å². The van der Waals surface area contributed by atoms with E-state index >= 15 is 0 Å². The Morgan fingerprint density at radius 1 is 1.12 bits per heavy atom. The van der Waals surface area contributed by atoms with Crippen molar-refractivity contribution >= 4 is 52.5 Å². The Kier molecular flexibility index (Phi) is 7.62. The highest BCUT2D eigenvalue weighted by molar-refractivity contribution is 7.99. The van der Waals surface area contributed by atoms with Crippen molar-refractivity contribution in [3.8, 4) is 0 Å². The molecule has 0 aliphatic heterocycles. The summed E-state index contributed by atoms with van der Waals surface area (Å²) in [6.45, 7) is 1.54. The molecule has 0 aromatic heterocycles. The fraction of sp³-hybridized carbons (Fsp3) is 0.222. The van der Waals surface area contributed by atoms with Gasteiger partial charge in [0.05, 0.1) is 15.8 Å². The fourth-order valence-corrected chi connectivity index (χ4v) is 3.00. The normalized spacial score (nSPS) is 11.6. The third kappa shape index (κ3) is 6.61. The van der Waals surface area contributed by atoms with Crippen LogP contribution in [0.3, 0.4) is 0 Å². The van der Waals surface area contributed by atoms with Gasteiger partial charge < -0.3 is 10.1 Å². The predicted molar refractivity (Wildman–Crippen MR) is 103 cm³/mol. The molecule has 4 nitrogen and oxygen atoms in total. The summed E-state index contributed by atoms with van der Waals surface area (Å²) in [5.41, 5.74) is 1.62. The Hall–Kier alpha value is -1.69. The second-order valence-electron chi connectivity index (χ2n) is 5.23. The summed E-state index contributed by atoms with van der Waals surface area (Å²) in [6, 6.07) is 14.3. The van der Waals surface area contributed by atoms with Crippen LogP contribution in [-0.4, -0.2) is 23.7 Å². The van der Waals surface area contributed by atoms with Crippen LogP contribution >= 0.6 is 35.0 Å². The molecule has 132 valence electrons. The first-order valence-electron chi connectivity index (χ1n) is 7.53. The summed E-state index contributed by atoms with van der Waals surface area (Å²) >= 11 is 13.2. The Balaban J connectivity index is 1.73. The van der Waals surface area contributed by atoms with Crippen molar-refractivity contribution in [2.45, 2.75) is 18.8 Å². The van der Waals surface area contributed by atoms with E-state index in [-0.39, 0.29) is 11.7 Å². The van der Waals surface area contributed by atoms with E-state index in [1.807, 2.05) is 24.3 Å². The molecule has 1 amide bonds. The van der Waals surface area contributed by atoms with Gasteiger partial charge in [0.2, 0.25) is 0 Å². The first-order valence-corrected chi connectivity index (χ1v) is 9.44. The van der Waals surface area contributed by atoms with E-state index in [0.29, 0.717) is 21.5 Å². The average Bonchev–Trinajstić information content (AvgIpc) is 2.59. The zero-order chi connectivity index (χ0) is 18.2. The van der Waals surface area contributed by atoms with Crippen molar-refractivity contribution in [3.05, 3.63) is 64.1 Å². The SMILES string of the molecule is C[C@@H](OC(=O)CSCc1ccc(Cl)c(Cl)c1)C(=O)Nc1ccccc1. The number of carbonyl (C=O) groups excluding carboxylic acids is 2. The molecule has 7 heteroatoms. The number of esters is 1. The number of halogens is 2. The first-order chi connectivity index (χ1) is 12.0. The van der Waals surface area contributed by atoms with Crippen molar-refractivity contribution in [1.29, 1.82) is 0 Å². The van der Waals surface area contributed by atoms with Gasteiger partial charge in [-0.2, -0.15) is 0 Å². The van der Waals surface area contributed by atoms with Gasteiger partial charge in [-0.05, 0) is 36.8 Å². The number of nitrogens with one attached hydrogen (secondary N) is 1. The maximum atomic E-state index is 12.0. The van der Waals surface area contributed by atoms with Crippen LogP contribution in [0.5, 0.6) is 0 Å². The smallest absolute Gasteiger partial charge is 0.316 e. The molecular weight excluding hydrogens is 381 g/mol. The van der Waals surface area contributed by atoms with Crippen LogP contribution in [0.2, 0.25) is 10.0 Å². The van der Waals surface area contributed by atoms with Gasteiger partial charge in [0.25, 0.3) is 5.91 Å². The lowest BCUT2D eigenvalue weighted by Gasteiger charge is -2.13. The zero-order valence-electron chi connectivity index (χ0n) is 13.5. The number of carbonyl (C=O) groups is 2. The van der Waals surface area contributed by atoms with Gasteiger partial charge in [-0.3, -0.25) is 9.59 Å². The van der Waals surface area contributed by atoms with E-state index in [2.05, 4.69) is 5.32 Å². The standard InChI is InChI=1S/C18H17Cl2NO3S/c1-12(18(23)21-14-5-3-2-4-6-14)24-17(22)11-25-10-13-7-8-15(19)16(20)9-13/h2-9,12H,10-11H2,1H3,(H,21,23)/t12-/m1/s1. The maximum absolute atomic E-state index is 12.0. The molecule has 2 rings (SSSR count). The Morgan fingerprint density at radius 2 is 1.84 bits per heavy atom. The van der Waals surface area contributed by atoms with E-state index < -0.39 is 12.1 Å². The van der Waals surface area contributed by atoms with Crippen LogP contribution in [0.15, 0.2) is 48.5 Å². The highest BCUT2D eigenvalue weighted by Crippen LogP contribution is 2.24. The van der Waals surface area contributed by atoms with Crippen LogP contribution in [-0.2, 0) is 20.1 Å². The molecular formula is C18H17Cl2NO3S. The summed E-state index contributed by atoms with van der Waals surface area (Å²) in [5, 5.41) is 3.66. The molecule has 0 saturated heterocycles. The molecule has 1 atom stereocenters. The van der Waals surface area contributed by atoms with E-state index in [4.69, 9.17) is 27.9 Å². The number of rotatable bonds is 7. The van der Waals surface area contributed by atoms with Crippen LogP contribution in [0, 0.1) is 0 Å². The lowest BCUT2D eigenvalue weighted by atomic mass is 10.2. The van der Waals surface area contributed by atoms with Crippen LogP contribution in [0.4, 0.5) is 5.69 Å².